The third-order valence-electron chi connectivity index (χ3n) is 2.48. The fourth-order valence-corrected chi connectivity index (χ4v) is 2.85. The minimum absolute atomic E-state index is 0.116. The predicted molar refractivity (Wildman–Crippen MR) is 80.0 cm³/mol. The van der Waals surface area contributed by atoms with Crippen LogP contribution in [0.15, 0.2) is 47.6 Å². The van der Waals surface area contributed by atoms with Gasteiger partial charge in [-0.15, -0.1) is 0 Å². The number of anilines is 2. The Morgan fingerprint density at radius 2 is 1.86 bits per heavy atom. The molecule has 21 heavy (non-hydrogen) atoms. The van der Waals surface area contributed by atoms with Crippen LogP contribution >= 0.6 is 11.6 Å². The number of carbonyl (C=O) groups excluding carboxylic acids is 1. The van der Waals surface area contributed by atoms with Crippen LogP contribution in [0.3, 0.4) is 0 Å². The van der Waals surface area contributed by atoms with Crippen molar-refractivity contribution in [2.75, 3.05) is 5.32 Å². The van der Waals surface area contributed by atoms with E-state index < -0.39 is 15.9 Å². The van der Waals surface area contributed by atoms with Crippen LogP contribution in [-0.2, 0) is 14.8 Å². The zero-order chi connectivity index (χ0) is 15.5. The summed E-state index contributed by atoms with van der Waals surface area (Å²) in [4.78, 5) is 14.7. The summed E-state index contributed by atoms with van der Waals surface area (Å²) in [6, 6.07) is 8.26. The van der Waals surface area contributed by atoms with Gasteiger partial charge in [-0.2, -0.15) is 0 Å². The van der Waals surface area contributed by atoms with E-state index in [-0.39, 0.29) is 4.90 Å². The van der Waals surface area contributed by atoms with Gasteiger partial charge in [-0.25, -0.2) is 13.1 Å². The average Bonchev–Trinajstić information content (AvgIpc) is 2.40. The molecule has 0 saturated heterocycles. The third-order valence-corrected chi connectivity index (χ3v) is 4.19. The highest BCUT2D eigenvalue weighted by Crippen LogP contribution is 2.24. The standard InChI is InChI=1S/C13H12ClN3O3S/c1-9(18)17-21(19,20)13-8-15-7-6-12(13)16-11-4-2-10(14)3-5-11/h2-8H,1H3,(H,15,16)(H,17,18). The van der Waals surface area contributed by atoms with Gasteiger partial charge in [-0.1, -0.05) is 11.6 Å². The van der Waals surface area contributed by atoms with Gasteiger partial charge in [0.25, 0.3) is 10.0 Å². The first-order valence-corrected chi connectivity index (χ1v) is 7.74. The van der Waals surface area contributed by atoms with Crippen molar-refractivity contribution in [1.29, 1.82) is 0 Å². The lowest BCUT2D eigenvalue weighted by Crippen LogP contribution is -2.28. The molecule has 0 aliphatic heterocycles. The molecule has 0 spiro atoms. The monoisotopic (exact) mass is 325 g/mol. The van der Waals surface area contributed by atoms with E-state index in [4.69, 9.17) is 11.6 Å². The molecule has 0 saturated carbocycles. The largest absolute Gasteiger partial charge is 0.354 e. The molecule has 110 valence electrons. The molecule has 0 radical (unpaired) electrons. The van der Waals surface area contributed by atoms with Gasteiger partial charge in [-0.3, -0.25) is 9.78 Å². The predicted octanol–water partition coefficient (Wildman–Crippen LogP) is 2.30. The van der Waals surface area contributed by atoms with Crippen LogP contribution in [0, 0.1) is 0 Å². The zero-order valence-electron chi connectivity index (χ0n) is 11.0. The lowest BCUT2D eigenvalue weighted by molar-refractivity contribution is -0.117. The van der Waals surface area contributed by atoms with E-state index in [0.29, 0.717) is 16.4 Å². The van der Waals surface area contributed by atoms with Crippen molar-refractivity contribution in [2.24, 2.45) is 0 Å². The lowest BCUT2D eigenvalue weighted by atomic mass is 10.3. The Morgan fingerprint density at radius 1 is 1.19 bits per heavy atom. The maximum Gasteiger partial charge on any atom is 0.267 e. The van der Waals surface area contributed by atoms with Gasteiger partial charge in [0.05, 0.1) is 5.69 Å². The van der Waals surface area contributed by atoms with E-state index in [1.807, 2.05) is 4.72 Å². The number of nitrogens with one attached hydrogen (secondary N) is 2. The number of nitrogens with zero attached hydrogens (tertiary/aromatic N) is 1. The van der Waals surface area contributed by atoms with Crippen molar-refractivity contribution in [2.45, 2.75) is 11.8 Å². The van der Waals surface area contributed by atoms with Crippen molar-refractivity contribution in [3.63, 3.8) is 0 Å². The van der Waals surface area contributed by atoms with Crippen LogP contribution in [0.25, 0.3) is 0 Å². The molecule has 1 aromatic heterocycles. The Kier molecular flexibility index (Phi) is 4.44. The normalized spacial score (nSPS) is 11.0. The van der Waals surface area contributed by atoms with Crippen LogP contribution in [0.5, 0.6) is 0 Å². The number of pyridine rings is 1. The molecule has 1 heterocycles. The Balaban J connectivity index is 2.37. The smallest absolute Gasteiger partial charge is 0.267 e. The van der Waals surface area contributed by atoms with E-state index in [9.17, 15) is 13.2 Å². The molecule has 0 aliphatic carbocycles. The minimum atomic E-state index is -3.97. The van der Waals surface area contributed by atoms with Gasteiger partial charge in [0, 0.05) is 30.0 Å². The molecule has 0 unspecified atom stereocenters. The van der Waals surface area contributed by atoms with Gasteiger partial charge in [-0.05, 0) is 30.3 Å². The zero-order valence-corrected chi connectivity index (χ0v) is 12.6. The first-order chi connectivity index (χ1) is 9.88. The van der Waals surface area contributed by atoms with Crippen molar-refractivity contribution in [1.82, 2.24) is 9.71 Å². The lowest BCUT2D eigenvalue weighted by Gasteiger charge is -2.12. The van der Waals surface area contributed by atoms with Crippen molar-refractivity contribution in [3.8, 4) is 0 Å². The summed E-state index contributed by atoms with van der Waals surface area (Å²) in [5, 5.41) is 3.52. The maximum absolute atomic E-state index is 12.1. The molecule has 2 rings (SSSR count). The molecule has 0 atom stereocenters. The SMILES string of the molecule is CC(=O)NS(=O)(=O)c1cnccc1Nc1ccc(Cl)cc1. The molecular formula is C13H12ClN3O3S. The van der Waals surface area contributed by atoms with Gasteiger partial charge in [0.1, 0.15) is 4.90 Å². The highest BCUT2D eigenvalue weighted by molar-refractivity contribution is 7.90. The topological polar surface area (TPSA) is 88.2 Å². The summed E-state index contributed by atoms with van der Waals surface area (Å²) in [5.41, 5.74) is 0.964. The molecule has 2 aromatic rings. The minimum Gasteiger partial charge on any atom is -0.354 e. The second-order valence-electron chi connectivity index (χ2n) is 4.17. The molecule has 0 aliphatic rings. The summed E-state index contributed by atoms with van der Waals surface area (Å²) >= 11 is 5.79. The quantitative estimate of drug-likeness (QED) is 0.900. The van der Waals surface area contributed by atoms with E-state index >= 15 is 0 Å². The molecule has 6 nitrogen and oxygen atoms in total. The summed E-state index contributed by atoms with van der Waals surface area (Å²) in [6.45, 7) is 1.13. The van der Waals surface area contributed by atoms with Crippen LogP contribution in [-0.4, -0.2) is 19.3 Å². The summed E-state index contributed by atoms with van der Waals surface area (Å²) in [5.74, 6) is -0.670. The van der Waals surface area contributed by atoms with E-state index in [1.165, 1.54) is 18.5 Å². The fourth-order valence-electron chi connectivity index (χ4n) is 1.63. The van der Waals surface area contributed by atoms with Gasteiger partial charge >= 0.3 is 0 Å². The molecule has 1 aromatic carbocycles. The van der Waals surface area contributed by atoms with Gasteiger partial charge in [0.2, 0.25) is 5.91 Å². The van der Waals surface area contributed by atoms with Gasteiger partial charge < -0.3 is 5.32 Å². The molecule has 8 heteroatoms. The van der Waals surface area contributed by atoms with Crippen LogP contribution in [0.4, 0.5) is 11.4 Å². The summed E-state index contributed by atoms with van der Waals surface area (Å²) in [6.07, 6.45) is 2.62. The second kappa shape index (κ2) is 6.11. The molecule has 0 fully saturated rings. The van der Waals surface area contributed by atoms with Crippen molar-refractivity contribution in [3.05, 3.63) is 47.7 Å². The van der Waals surface area contributed by atoms with E-state index in [1.54, 1.807) is 24.3 Å². The molecule has 2 N–H and O–H groups in total. The first-order valence-electron chi connectivity index (χ1n) is 5.88. The number of hydrogen-bond acceptors (Lipinski definition) is 5. The number of aromatic nitrogens is 1. The number of hydrogen-bond donors (Lipinski definition) is 2. The number of sulfonamides is 1. The fraction of sp³-hybridized carbons (Fsp3) is 0.0769. The van der Waals surface area contributed by atoms with Crippen LogP contribution in [0.2, 0.25) is 5.02 Å². The second-order valence-corrected chi connectivity index (χ2v) is 6.25. The average molecular weight is 326 g/mol. The first kappa shape index (κ1) is 15.3. The Morgan fingerprint density at radius 3 is 2.48 bits per heavy atom. The highest BCUT2D eigenvalue weighted by Gasteiger charge is 2.20. The maximum atomic E-state index is 12.1. The Hall–Kier alpha value is -2.12. The van der Waals surface area contributed by atoms with Gasteiger partial charge in [0.15, 0.2) is 0 Å². The third kappa shape index (κ3) is 3.93. The van der Waals surface area contributed by atoms with E-state index in [2.05, 4.69) is 10.3 Å². The number of benzene rings is 1. The van der Waals surface area contributed by atoms with Crippen LogP contribution < -0.4 is 10.0 Å². The number of carbonyl (C=O) groups is 1. The van der Waals surface area contributed by atoms with Crippen LogP contribution in [0.1, 0.15) is 6.92 Å². The van der Waals surface area contributed by atoms with E-state index in [0.717, 1.165) is 6.92 Å². The molecule has 1 amide bonds. The highest BCUT2D eigenvalue weighted by atomic mass is 35.5. The van der Waals surface area contributed by atoms with Crippen molar-refractivity contribution < 1.29 is 13.2 Å². The Bertz CT molecular complexity index is 760. The number of rotatable bonds is 4. The summed E-state index contributed by atoms with van der Waals surface area (Å²) in [7, 11) is -3.97. The van der Waals surface area contributed by atoms with Crippen molar-refractivity contribution >= 4 is 38.9 Å². The molecular weight excluding hydrogens is 314 g/mol. The Labute approximate surface area is 127 Å². The number of amides is 1. The molecule has 0 bridgehead atoms. The summed E-state index contributed by atoms with van der Waals surface area (Å²) < 4.78 is 26.1. The number of halogens is 1.